The molecule has 0 bridgehead atoms. The molecule has 0 unspecified atom stereocenters. The number of carboxylic acids is 1. The first-order chi connectivity index (χ1) is 17.0. The molecular weight excluding hydrogens is 515 g/mol. The zero-order valence-corrected chi connectivity index (χ0v) is 21.5. The average Bonchev–Trinajstić information content (AvgIpc) is 2.77. The maximum atomic E-state index is 13.6. The minimum atomic E-state index is -4.77. The van der Waals surface area contributed by atoms with Gasteiger partial charge in [-0.25, -0.2) is 8.42 Å². The second-order valence-electron chi connectivity index (χ2n) is 9.53. The number of aryl methyl sites for hydroxylation is 1. The number of hydrogen-bond acceptors (Lipinski definition) is 6. The van der Waals surface area contributed by atoms with E-state index in [0.717, 1.165) is 18.2 Å². The van der Waals surface area contributed by atoms with Gasteiger partial charge in [-0.05, 0) is 62.6 Å². The highest BCUT2D eigenvalue weighted by Crippen LogP contribution is 2.39. The van der Waals surface area contributed by atoms with E-state index in [1.54, 1.807) is 19.1 Å². The molecule has 1 aliphatic rings. The van der Waals surface area contributed by atoms with Crippen LogP contribution in [-0.2, 0) is 30.8 Å². The molecule has 8 nitrogen and oxygen atoms in total. The van der Waals surface area contributed by atoms with Crippen LogP contribution in [0, 0.1) is 12.8 Å². The van der Waals surface area contributed by atoms with E-state index in [1.165, 1.54) is 37.3 Å². The number of anilines is 1. The molecule has 2 atom stereocenters. The first-order valence-corrected chi connectivity index (χ1v) is 12.9. The fraction of sp³-hybridized carbons (Fsp3) is 0.440. The Morgan fingerprint density at radius 1 is 1.19 bits per heavy atom. The van der Waals surface area contributed by atoms with Crippen molar-refractivity contribution < 1.29 is 45.8 Å². The van der Waals surface area contributed by atoms with E-state index in [0.29, 0.717) is 5.56 Å². The molecule has 0 fully saturated rings. The number of fused-ring (bicyclic) bond motifs is 1. The molecule has 202 valence electrons. The molecule has 0 saturated heterocycles. The number of esters is 1. The molecule has 2 aromatic rings. The molecule has 3 rings (SSSR count). The quantitative estimate of drug-likeness (QED) is 0.489. The molecule has 1 aliphatic heterocycles. The molecular formula is C25H28F3NO7S. The minimum absolute atomic E-state index is 0.00197. The van der Waals surface area contributed by atoms with Gasteiger partial charge in [0.1, 0.15) is 11.9 Å². The summed E-state index contributed by atoms with van der Waals surface area (Å²) in [5, 5.41) is 9.29. The molecule has 12 heteroatoms. The van der Waals surface area contributed by atoms with Crippen molar-refractivity contribution in [3.63, 3.8) is 0 Å². The number of sulfonamides is 1. The SMILES string of the molecule is Cc1cccc(S(=O)(=O)N2C[C@H](C[C@H](C)C(=O)O)Oc3ccc(CC(=O)OC(C)(C)C(F)(F)F)cc32)c1. The van der Waals surface area contributed by atoms with E-state index in [9.17, 15) is 36.3 Å². The topological polar surface area (TPSA) is 110 Å². The number of aliphatic carboxylic acids is 1. The van der Waals surface area contributed by atoms with Gasteiger partial charge in [0, 0.05) is 0 Å². The molecule has 0 aliphatic carbocycles. The third kappa shape index (κ3) is 6.35. The van der Waals surface area contributed by atoms with E-state index in [2.05, 4.69) is 4.74 Å². The van der Waals surface area contributed by atoms with Crippen LogP contribution in [0.1, 0.15) is 38.3 Å². The van der Waals surface area contributed by atoms with Crippen molar-refractivity contribution in [3.8, 4) is 5.75 Å². The predicted octanol–water partition coefficient (Wildman–Crippen LogP) is 4.49. The normalized spacial score (nSPS) is 16.9. The van der Waals surface area contributed by atoms with E-state index in [1.807, 2.05) is 0 Å². The summed E-state index contributed by atoms with van der Waals surface area (Å²) < 4.78 is 78.2. The smallest absolute Gasteiger partial charge is 0.427 e. The third-order valence-corrected chi connectivity index (χ3v) is 7.75. The number of hydrogen-bond donors (Lipinski definition) is 1. The number of alkyl halides is 3. The Kier molecular flexibility index (Phi) is 7.83. The molecule has 1 N–H and O–H groups in total. The van der Waals surface area contributed by atoms with E-state index in [-0.39, 0.29) is 34.9 Å². The maximum absolute atomic E-state index is 13.6. The minimum Gasteiger partial charge on any atom is -0.486 e. The highest BCUT2D eigenvalue weighted by molar-refractivity contribution is 7.92. The summed E-state index contributed by atoms with van der Waals surface area (Å²) in [4.78, 5) is 23.6. The van der Waals surface area contributed by atoms with Crippen LogP contribution in [0.15, 0.2) is 47.4 Å². The summed E-state index contributed by atoms with van der Waals surface area (Å²) in [6.07, 6.45) is -6.05. The molecule has 2 aromatic carbocycles. The van der Waals surface area contributed by atoms with Crippen LogP contribution in [0.3, 0.4) is 0 Å². The highest BCUT2D eigenvalue weighted by atomic mass is 32.2. The monoisotopic (exact) mass is 543 g/mol. The van der Waals surface area contributed by atoms with Gasteiger partial charge in [0.15, 0.2) is 0 Å². The van der Waals surface area contributed by atoms with Crippen LogP contribution in [0.5, 0.6) is 5.75 Å². The number of rotatable bonds is 8. The van der Waals surface area contributed by atoms with Gasteiger partial charge in [0.05, 0.1) is 29.5 Å². The standard InChI is InChI=1S/C25H28F3NO7S/c1-15-6-5-7-19(10-15)37(33,34)29-14-18(11-16(2)23(31)32)35-21-9-8-17(12-20(21)29)13-22(30)36-24(3,4)25(26,27)28/h5-10,12,16,18H,11,13-14H2,1-4H3,(H,31,32)/t16-,18-/m0/s1. The predicted molar refractivity (Wildman–Crippen MR) is 128 cm³/mol. The Morgan fingerprint density at radius 3 is 2.46 bits per heavy atom. The maximum Gasteiger partial charge on any atom is 0.427 e. The first kappa shape index (κ1) is 28.3. The number of carbonyl (C=O) groups excluding carboxylic acids is 1. The summed E-state index contributed by atoms with van der Waals surface area (Å²) >= 11 is 0. The number of halogens is 3. The van der Waals surface area contributed by atoms with Crippen LogP contribution in [0.4, 0.5) is 18.9 Å². The van der Waals surface area contributed by atoms with Crippen molar-refractivity contribution >= 4 is 27.6 Å². The lowest BCUT2D eigenvalue weighted by Gasteiger charge is -2.36. The highest BCUT2D eigenvalue weighted by Gasteiger charge is 2.50. The first-order valence-electron chi connectivity index (χ1n) is 11.4. The Balaban J connectivity index is 1.98. The van der Waals surface area contributed by atoms with E-state index < -0.39 is 52.2 Å². The Bertz CT molecular complexity index is 1290. The number of ether oxygens (including phenoxy) is 2. The number of carboxylic acid groups (broad SMARTS) is 1. The van der Waals surface area contributed by atoms with Gasteiger partial charge in [-0.2, -0.15) is 13.2 Å². The summed E-state index contributed by atoms with van der Waals surface area (Å²) in [5.41, 5.74) is -1.70. The second kappa shape index (κ2) is 10.2. The van der Waals surface area contributed by atoms with Crippen molar-refractivity contribution in [3.05, 3.63) is 53.6 Å². The average molecular weight is 544 g/mol. The lowest BCUT2D eigenvalue weighted by atomic mass is 10.0. The van der Waals surface area contributed by atoms with Crippen LogP contribution in [0.25, 0.3) is 0 Å². The van der Waals surface area contributed by atoms with Crippen molar-refractivity contribution in [2.75, 3.05) is 10.8 Å². The molecule has 0 spiro atoms. The lowest BCUT2D eigenvalue weighted by Crippen LogP contribution is -2.44. The summed E-state index contributed by atoms with van der Waals surface area (Å²) in [7, 11) is -4.14. The van der Waals surface area contributed by atoms with Gasteiger partial charge in [-0.3, -0.25) is 13.9 Å². The van der Waals surface area contributed by atoms with Crippen molar-refractivity contribution in [1.82, 2.24) is 0 Å². The van der Waals surface area contributed by atoms with Crippen LogP contribution < -0.4 is 9.04 Å². The number of carbonyl (C=O) groups is 2. The molecule has 1 heterocycles. The zero-order chi connectivity index (χ0) is 27.8. The molecule has 0 radical (unpaired) electrons. The number of benzene rings is 2. The van der Waals surface area contributed by atoms with Crippen molar-refractivity contribution in [1.29, 1.82) is 0 Å². The van der Waals surface area contributed by atoms with Gasteiger partial charge < -0.3 is 14.6 Å². The van der Waals surface area contributed by atoms with Crippen molar-refractivity contribution in [2.45, 2.75) is 63.3 Å². The fourth-order valence-corrected chi connectivity index (χ4v) is 5.37. The second-order valence-corrected chi connectivity index (χ2v) is 11.4. The zero-order valence-electron chi connectivity index (χ0n) is 20.7. The largest absolute Gasteiger partial charge is 0.486 e. The van der Waals surface area contributed by atoms with Gasteiger partial charge in [-0.15, -0.1) is 0 Å². The van der Waals surface area contributed by atoms with E-state index in [4.69, 9.17) is 4.74 Å². The van der Waals surface area contributed by atoms with Crippen LogP contribution in [-0.4, -0.2) is 49.9 Å². The Labute approximate surface area is 213 Å². The summed E-state index contributed by atoms with van der Waals surface area (Å²) in [5.74, 6) is -2.86. The Morgan fingerprint density at radius 2 is 1.86 bits per heavy atom. The van der Waals surface area contributed by atoms with Crippen LogP contribution in [0.2, 0.25) is 0 Å². The Hall–Kier alpha value is -3.28. The summed E-state index contributed by atoms with van der Waals surface area (Å²) in [6, 6.07) is 10.4. The molecule has 37 heavy (non-hydrogen) atoms. The van der Waals surface area contributed by atoms with Gasteiger partial charge in [-0.1, -0.05) is 25.1 Å². The fourth-order valence-electron chi connectivity index (χ4n) is 3.76. The third-order valence-electron chi connectivity index (χ3n) is 5.97. The van der Waals surface area contributed by atoms with Crippen LogP contribution >= 0.6 is 0 Å². The molecule has 0 aromatic heterocycles. The molecule has 0 saturated carbocycles. The molecule has 0 amide bonds. The lowest BCUT2D eigenvalue weighted by molar-refractivity contribution is -0.257. The number of nitrogens with zero attached hydrogens (tertiary/aromatic N) is 1. The van der Waals surface area contributed by atoms with Gasteiger partial charge in [0.25, 0.3) is 10.0 Å². The van der Waals surface area contributed by atoms with Crippen molar-refractivity contribution in [2.24, 2.45) is 5.92 Å². The van der Waals surface area contributed by atoms with Gasteiger partial charge in [0.2, 0.25) is 5.60 Å². The van der Waals surface area contributed by atoms with Gasteiger partial charge >= 0.3 is 18.1 Å². The summed E-state index contributed by atoms with van der Waals surface area (Å²) in [6.45, 7) is 4.49. The van der Waals surface area contributed by atoms with E-state index >= 15 is 0 Å².